The van der Waals surface area contributed by atoms with Crippen LogP contribution >= 0.6 is 0 Å². The van der Waals surface area contributed by atoms with E-state index in [1.165, 1.54) is 17.0 Å². The van der Waals surface area contributed by atoms with Gasteiger partial charge >= 0.3 is 6.18 Å². The average molecular weight is 536 g/mol. The number of amides is 2. The highest BCUT2D eigenvalue weighted by molar-refractivity contribution is 5.96. The first-order valence-corrected chi connectivity index (χ1v) is 12.9. The molecule has 1 N–H and O–H groups in total. The van der Waals surface area contributed by atoms with Gasteiger partial charge in [-0.3, -0.25) is 9.59 Å². The predicted molar refractivity (Wildman–Crippen MR) is 146 cm³/mol. The number of para-hydroxylation sites is 1. The number of aromatic amines is 1. The standard InChI is InChI=1S/C31H32F3N3O2/c1-22(2)19-37(30(39)24-11-8-12-26(17-24)31(32,33)34)21-29(38)36(20-23-9-4-3-5-10-23)16-15-25-18-35-28-14-7-6-13-27(25)28/h3-14,17-18,22,35H,15-16,19-21H2,1-2H3. The lowest BCUT2D eigenvalue weighted by molar-refractivity contribution is -0.137. The summed E-state index contributed by atoms with van der Waals surface area (Å²) < 4.78 is 39.8. The van der Waals surface area contributed by atoms with Crippen LogP contribution in [0.1, 0.15) is 40.9 Å². The molecule has 0 unspecified atom stereocenters. The fraction of sp³-hybridized carbons (Fsp3) is 0.290. The van der Waals surface area contributed by atoms with Gasteiger partial charge in [-0.05, 0) is 47.7 Å². The van der Waals surface area contributed by atoms with E-state index in [4.69, 9.17) is 0 Å². The lowest BCUT2D eigenvalue weighted by atomic mass is 10.1. The second kappa shape index (κ2) is 12.2. The van der Waals surface area contributed by atoms with Crippen molar-refractivity contribution in [3.63, 3.8) is 0 Å². The maximum Gasteiger partial charge on any atom is 0.416 e. The first-order chi connectivity index (χ1) is 18.6. The number of rotatable bonds is 10. The molecule has 0 atom stereocenters. The van der Waals surface area contributed by atoms with Crippen LogP contribution < -0.4 is 0 Å². The molecule has 1 aromatic heterocycles. The summed E-state index contributed by atoms with van der Waals surface area (Å²) in [5, 5.41) is 1.09. The molecule has 0 fully saturated rings. The summed E-state index contributed by atoms with van der Waals surface area (Å²) in [7, 11) is 0. The second-order valence-electron chi connectivity index (χ2n) is 10.1. The number of halogens is 3. The maximum absolute atomic E-state index is 13.7. The van der Waals surface area contributed by atoms with E-state index in [0.29, 0.717) is 19.5 Å². The van der Waals surface area contributed by atoms with Gasteiger partial charge in [0.15, 0.2) is 0 Å². The minimum Gasteiger partial charge on any atom is -0.361 e. The smallest absolute Gasteiger partial charge is 0.361 e. The number of hydrogen-bond donors (Lipinski definition) is 1. The Bertz CT molecular complexity index is 1410. The van der Waals surface area contributed by atoms with E-state index in [0.717, 1.165) is 34.2 Å². The monoisotopic (exact) mass is 535 g/mol. The summed E-state index contributed by atoms with van der Waals surface area (Å²) in [4.78, 5) is 33.3. The molecular weight excluding hydrogens is 503 g/mol. The molecule has 4 rings (SSSR count). The van der Waals surface area contributed by atoms with Crippen LogP contribution in [0.5, 0.6) is 0 Å². The number of nitrogens with one attached hydrogen (secondary N) is 1. The van der Waals surface area contributed by atoms with Crippen LogP contribution in [0, 0.1) is 5.92 Å². The summed E-state index contributed by atoms with van der Waals surface area (Å²) in [5.41, 5.74) is 2.06. The Morgan fingerprint density at radius 2 is 1.62 bits per heavy atom. The van der Waals surface area contributed by atoms with E-state index in [9.17, 15) is 22.8 Å². The fourth-order valence-corrected chi connectivity index (χ4v) is 4.62. The number of benzene rings is 3. The summed E-state index contributed by atoms with van der Waals surface area (Å²) in [5.74, 6) is -0.847. The molecule has 3 aromatic carbocycles. The zero-order valence-corrected chi connectivity index (χ0v) is 22.0. The number of fused-ring (bicyclic) bond motifs is 1. The van der Waals surface area contributed by atoms with Gasteiger partial charge in [-0.2, -0.15) is 13.2 Å². The zero-order valence-electron chi connectivity index (χ0n) is 22.0. The third kappa shape index (κ3) is 7.28. The molecule has 4 aromatic rings. The van der Waals surface area contributed by atoms with Crippen LogP contribution in [0.2, 0.25) is 0 Å². The van der Waals surface area contributed by atoms with Crippen LogP contribution in [0.25, 0.3) is 10.9 Å². The molecule has 0 bridgehead atoms. The molecule has 0 aliphatic rings. The van der Waals surface area contributed by atoms with Gasteiger partial charge in [0.25, 0.3) is 5.91 Å². The molecule has 39 heavy (non-hydrogen) atoms. The van der Waals surface area contributed by atoms with Gasteiger partial charge in [0.1, 0.15) is 6.54 Å². The largest absolute Gasteiger partial charge is 0.416 e. The quantitative estimate of drug-likeness (QED) is 0.250. The van der Waals surface area contributed by atoms with Crippen molar-refractivity contribution in [3.8, 4) is 0 Å². The highest BCUT2D eigenvalue weighted by atomic mass is 19.4. The molecule has 0 radical (unpaired) electrons. The average Bonchev–Trinajstić information content (AvgIpc) is 3.33. The van der Waals surface area contributed by atoms with E-state index in [2.05, 4.69) is 4.98 Å². The Morgan fingerprint density at radius 3 is 2.33 bits per heavy atom. The Hall–Kier alpha value is -4.07. The number of carbonyl (C=O) groups excluding carboxylic acids is 2. The maximum atomic E-state index is 13.7. The molecule has 0 spiro atoms. The first kappa shape index (κ1) is 28.0. The normalized spacial score (nSPS) is 11.6. The van der Waals surface area contributed by atoms with Gasteiger partial charge in [-0.15, -0.1) is 0 Å². The van der Waals surface area contributed by atoms with Crippen molar-refractivity contribution in [2.75, 3.05) is 19.6 Å². The molecule has 0 aliphatic carbocycles. The summed E-state index contributed by atoms with van der Waals surface area (Å²) in [6, 6.07) is 21.9. The van der Waals surface area contributed by atoms with Gasteiger partial charge in [0.2, 0.25) is 5.91 Å². The number of carbonyl (C=O) groups is 2. The topological polar surface area (TPSA) is 56.4 Å². The molecule has 8 heteroatoms. The van der Waals surface area contributed by atoms with E-state index in [-0.39, 0.29) is 30.5 Å². The van der Waals surface area contributed by atoms with Gasteiger partial charge < -0.3 is 14.8 Å². The van der Waals surface area contributed by atoms with E-state index < -0.39 is 17.6 Å². The third-order valence-electron chi connectivity index (χ3n) is 6.53. The molecule has 1 heterocycles. The van der Waals surface area contributed by atoms with E-state index in [1.54, 1.807) is 4.90 Å². The third-order valence-corrected chi connectivity index (χ3v) is 6.53. The van der Waals surface area contributed by atoms with Crippen molar-refractivity contribution in [2.24, 2.45) is 5.92 Å². The predicted octanol–water partition coefficient (Wildman–Crippen LogP) is 6.56. The molecule has 0 aliphatic heterocycles. The Kier molecular flexibility index (Phi) is 8.74. The Morgan fingerprint density at radius 1 is 0.897 bits per heavy atom. The molecule has 0 saturated carbocycles. The zero-order chi connectivity index (χ0) is 28.0. The van der Waals surface area contributed by atoms with Crippen LogP contribution in [0.15, 0.2) is 85.1 Å². The minimum absolute atomic E-state index is 0.0151. The molecular formula is C31H32F3N3O2. The van der Waals surface area contributed by atoms with Crippen molar-refractivity contribution in [1.82, 2.24) is 14.8 Å². The van der Waals surface area contributed by atoms with Crippen molar-refractivity contribution < 1.29 is 22.8 Å². The lowest BCUT2D eigenvalue weighted by Crippen LogP contribution is -2.44. The molecule has 5 nitrogen and oxygen atoms in total. The van der Waals surface area contributed by atoms with Crippen molar-refractivity contribution in [3.05, 3.63) is 107 Å². The van der Waals surface area contributed by atoms with Crippen molar-refractivity contribution >= 4 is 22.7 Å². The number of H-pyrrole nitrogens is 1. The van der Waals surface area contributed by atoms with Gasteiger partial charge in [-0.25, -0.2) is 0 Å². The number of nitrogens with zero attached hydrogens (tertiary/aromatic N) is 2. The Labute approximate surface area is 226 Å². The first-order valence-electron chi connectivity index (χ1n) is 12.9. The Balaban J connectivity index is 1.56. The van der Waals surface area contributed by atoms with Crippen LogP contribution in [0.3, 0.4) is 0 Å². The SMILES string of the molecule is CC(C)CN(CC(=O)N(CCc1c[nH]c2ccccc12)Cc1ccccc1)C(=O)c1cccc(C(F)(F)F)c1. The van der Waals surface area contributed by atoms with Gasteiger partial charge in [0, 0.05) is 42.3 Å². The summed E-state index contributed by atoms with van der Waals surface area (Å²) >= 11 is 0. The fourth-order valence-electron chi connectivity index (χ4n) is 4.62. The van der Waals surface area contributed by atoms with E-state index in [1.807, 2.05) is 74.6 Å². The van der Waals surface area contributed by atoms with E-state index >= 15 is 0 Å². The van der Waals surface area contributed by atoms with Gasteiger partial charge in [0.05, 0.1) is 5.56 Å². The second-order valence-corrected chi connectivity index (χ2v) is 10.1. The van der Waals surface area contributed by atoms with Crippen LogP contribution in [-0.4, -0.2) is 46.2 Å². The summed E-state index contributed by atoms with van der Waals surface area (Å²) in [6.07, 6.45) is -2.02. The molecule has 2 amide bonds. The van der Waals surface area contributed by atoms with Crippen molar-refractivity contribution in [2.45, 2.75) is 33.0 Å². The lowest BCUT2D eigenvalue weighted by Gasteiger charge is -2.29. The highest BCUT2D eigenvalue weighted by Crippen LogP contribution is 2.30. The minimum atomic E-state index is -4.57. The number of alkyl halides is 3. The molecule has 204 valence electrons. The molecule has 0 saturated heterocycles. The summed E-state index contributed by atoms with van der Waals surface area (Å²) in [6.45, 7) is 4.58. The van der Waals surface area contributed by atoms with Gasteiger partial charge in [-0.1, -0.05) is 68.4 Å². The van der Waals surface area contributed by atoms with Crippen LogP contribution in [0.4, 0.5) is 13.2 Å². The van der Waals surface area contributed by atoms with Crippen molar-refractivity contribution in [1.29, 1.82) is 0 Å². The highest BCUT2D eigenvalue weighted by Gasteiger charge is 2.32. The number of aromatic nitrogens is 1. The van der Waals surface area contributed by atoms with Crippen LogP contribution in [-0.2, 0) is 23.9 Å². The number of hydrogen-bond acceptors (Lipinski definition) is 2.